The summed E-state index contributed by atoms with van der Waals surface area (Å²) in [5.74, 6) is 0.526. The molecule has 3 saturated heterocycles. The van der Waals surface area contributed by atoms with E-state index in [-0.39, 0.29) is 22.8 Å². The summed E-state index contributed by atoms with van der Waals surface area (Å²) in [7, 11) is 0.829. The van der Waals surface area contributed by atoms with Crippen LogP contribution in [0.4, 0.5) is 11.4 Å². The van der Waals surface area contributed by atoms with Crippen molar-refractivity contribution < 1.29 is 23.7 Å². The Morgan fingerprint density at radius 2 is 1.93 bits per heavy atom. The van der Waals surface area contributed by atoms with Gasteiger partial charge in [-0.05, 0) is 34.1 Å². The van der Waals surface area contributed by atoms with Crippen molar-refractivity contribution in [2.24, 2.45) is 0 Å². The summed E-state index contributed by atoms with van der Waals surface area (Å²) >= 11 is 0. The van der Waals surface area contributed by atoms with Gasteiger partial charge in [0.2, 0.25) is 0 Å². The van der Waals surface area contributed by atoms with Gasteiger partial charge in [-0.25, -0.2) is 0 Å². The predicted octanol–water partition coefficient (Wildman–Crippen LogP) is 1.88. The molecule has 8 nitrogen and oxygen atoms in total. The Morgan fingerprint density at radius 3 is 2.41 bits per heavy atom. The summed E-state index contributed by atoms with van der Waals surface area (Å²) < 4.78 is 23.4. The van der Waals surface area contributed by atoms with Crippen LogP contribution in [-0.4, -0.2) is 55.7 Å². The van der Waals surface area contributed by atoms with Gasteiger partial charge in [-0.15, -0.1) is 0 Å². The third-order valence-electron chi connectivity index (χ3n) is 6.24. The van der Waals surface area contributed by atoms with E-state index in [1.807, 2.05) is 27.7 Å². The molecule has 2 unspecified atom stereocenters. The molecule has 0 aromatic heterocycles. The Hall–Kier alpha value is -1.84. The number of anilines is 1. The molecule has 3 aliphatic rings. The SMILES string of the molecule is COc1cc(N2CC3CC2CO3)c([N+](=O)[O-])cc1B1OC(C)(C)C(C)(C)O1. The van der Waals surface area contributed by atoms with Crippen molar-refractivity contribution >= 4 is 24.0 Å². The fourth-order valence-corrected chi connectivity index (χ4v) is 3.98. The average molecular weight is 376 g/mol. The fraction of sp³-hybridized carbons (Fsp3) is 0.667. The van der Waals surface area contributed by atoms with Crippen LogP contribution in [0, 0.1) is 10.1 Å². The molecule has 3 fully saturated rings. The zero-order valence-electron chi connectivity index (χ0n) is 16.4. The molecule has 2 atom stereocenters. The highest BCUT2D eigenvalue weighted by molar-refractivity contribution is 6.63. The number of nitro benzene ring substituents is 1. The van der Waals surface area contributed by atoms with Gasteiger partial charge in [-0.1, -0.05) is 0 Å². The first-order valence-corrected chi connectivity index (χ1v) is 9.23. The summed E-state index contributed by atoms with van der Waals surface area (Å²) in [6.07, 6.45) is 1.04. The Kier molecular flexibility index (Phi) is 4.17. The van der Waals surface area contributed by atoms with Gasteiger partial charge in [-0.2, -0.15) is 0 Å². The second kappa shape index (κ2) is 6.08. The van der Waals surface area contributed by atoms with Crippen molar-refractivity contribution in [2.45, 2.75) is 57.5 Å². The summed E-state index contributed by atoms with van der Waals surface area (Å²) in [5, 5.41) is 11.8. The zero-order chi connectivity index (χ0) is 19.6. The quantitative estimate of drug-likeness (QED) is 0.451. The lowest BCUT2D eigenvalue weighted by Crippen LogP contribution is -2.41. The standard InChI is InChI=1S/C18H25BN2O6/c1-17(2)18(3,4)27-19(26-17)13-7-15(21(22)23)14(8-16(13)24-5)20-9-12-6-11(20)10-25-12/h7-8,11-12H,6,9-10H2,1-5H3. The van der Waals surface area contributed by atoms with E-state index >= 15 is 0 Å². The van der Waals surface area contributed by atoms with E-state index in [2.05, 4.69) is 4.90 Å². The molecule has 1 aromatic carbocycles. The number of fused-ring (bicyclic) bond motifs is 2. The first-order valence-electron chi connectivity index (χ1n) is 9.23. The smallest absolute Gasteiger partial charge is 0.497 e. The maximum absolute atomic E-state index is 11.8. The van der Waals surface area contributed by atoms with E-state index in [4.69, 9.17) is 18.8 Å². The summed E-state index contributed by atoms with van der Waals surface area (Å²) in [5.41, 5.74) is 0.0524. The van der Waals surface area contributed by atoms with Crippen molar-refractivity contribution in [3.63, 3.8) is 0 Å². The third kappa shape index (κ3) is 2.88. The largest absolute Gasteiger partial charge is 0.498 e. The molecule has 9 heteroatoms. The highest BCUT2D eigenvalue weighted by Gasteiger charge is 2.53. The Morgan fingerprint density at radius 1 is 1.26 bits per heavy atom. The molecule has 0 aliphatic carbocycles. The van der Waals surface area contributed by atoms with Crippen molar-refractivity contribution in [3.05, 3.63) is 22.2 Å². The number of hydrogen-bond acceptors (Lipinski definition) is 7. The van der Waals surface area contributed by atoms with Crippen LogP contribution in [0.1, 0.15) is 34.1 Å². The highest BCUT2D eigenvalue weighted by atomic mass is 16.7. The lowest BCUT2D eigenvalue weighted by molar-refractivity contribution is -0.384. The highest BCUT2D eigenvalue weighted by Crippen LogP contribution is 2.41. The molecule has 0 spiro atoms. The molecule has 0 N–H and O–H groups in total. The first kappa shape index (κ1) is 18.5. The molecule has 146 valence electrons. The Bertz CT molecular complexity index is 767. The normalized spacial score (nSPS) is 28.0. The minimum atomic E-state index is -0.726. The van der Waals surface area contributed by atoms with E-state index in [9.17, 15) is 10.1 Å². The van der Waals surface area contributed by atoms with Crippen molar-refractivity contribution in [3.8, 4) is 5.75 Å². The molecule has 4 rings (SSSR count). The molecule has 2 bridgehead atoms. The van der Waals surface area contributed by atoms with Crippen LogP contribution < -0.4 is 15.1 Å². The van der Waals surface area contributed by atoms with Crippen LogP contribution in [0.3, 0.4) is 0 Å². The number of ether oxygens (including phenoxy) is 2. The molecule has 27 heavy (non-hydrogen) atoms. The monoisotopic (exact) mass is 376 g/mol. The topological polar surface area (TPSA) is 83.3 Å². The van der Waals surface area contributed by atoms with Gasteiger partial charge in [0.15, 0.2) is 0 Å². The summed E-state index contributed by atoms with van der Waals surface area (Å²) in [4.78, 5) is 13.5. The number of hydrogen-bond donors (Lipinski definition) is 0. The Balaban J connectivity index is 1.76. The molecule has 0 saturated carbocycles. The van der Waals surface area contributed by atoms with Gasteiger partial charge >= 0.3 is 7.12 Å². The minimum Gasteiger partial charge on any atom is -0.497 e. The lowest BCUT2D eigenvalue weighted by atomic mass is 9.77. The van der Waals surface area contributed by atoms with E-state index in [1.165, 1.54) is 6.07 Å². The molecular weight excluding hydrogens is 351 g/mol. The second-order valence-corrected chi connectivity index (χ2v) is 8.43. The number of nitro groups is 1. The Labute approximate surface area is 159 Å². The van der Waals surface area contributed by atoms with Crippen LogP contribution in [0.15, 0.2) is 12.1 Å². The van der Waals surface area contributed by atoms with Gasteiger partial charge < -0.3 is 23.7 Å². The van der Waals surface area contributed by atoms with Gasteiger partial charge in [0, 0.05) is 24.1 Å². The molecular formula is C18H25BN2O6. The maximum atomic E-state index is 11.8. The second-order valence-electron chi connectivity index (χ2n) is 8.43. The third-order valence-corrected chi connectivity index (χ3v) is 6.24. The minimum absolute atomic E-state index is 0.0352. The lowest BCUT2D eigenvalue weighted by Gasteiger charge is -2.32. The van der Waals surface area contributed by atoms with Crippen molar-refractivity contribution in [1.29, 1.82) is 0 Å². The molecule has 0 amide bonds. The fourth-order valence-electron chi connectivity index (χ4n) is 3.98. The van der Waals surface area contributed by atoms with Gasteiger partial charge in [0.25, 0.3) is 5.69 Å². The summed E-state index contributed by atoms with van der Waals surface area (Å²) in [6.45, 7) is 9.05. The van der Waals surface area contributed by atoms with Crippen molar-refractivity contribution in [1.82, 2.24) is 0 Å². The molecule has 1 aromatic rings. The van der Waals surface area contributed by atoms with Crippen LogP contribution >= 0.6 is 0 Å². The number of methoxy groups -OCH3 is 1. The van der Waals surface area contributed by atoms with Gasteiger partial charge in [0.1, 0.15) is 11.4 Å². The van der Waals surface area contributed by atoms with Crippen LogP contribution in [0.2, 0.25) is 0 Å². The van der Waals surface area contributed by atoms with E-state index in [0.717, 1.165) is 6.42 Å². The van der Waals surface area contributed by atoms with Gasteiger partial charge in [-0.3, -0.25) is 10.1 Å². The average Bonchev–Trinajstić information content (AvgIpc) is 3.27. The zero-order valence-corrected chi connectivity index (χ0v) is 16.4. The number of morpholine rings is 1. The van der Waals surface area contributed by atoms with E-state index in [1.54, 1.807) is 13.2 Å². The van der Waals surface area contributed by atoms with Crippen molar-refractivity contribution in [2.75, 3.05) is 25.2 Å². The van der Waals surface area contributed by atoms with Gasteiger partial charge in [0.05, 0.1) is 42.0 Å². The predicted molar refractivity (Wildman–Crippen MR) is 101 cm³/mol. The molecule has 3 aliphatic heterocycles. The van der Waals surface area contributed by atoms with Crippen LogP contribution in [0.25, 0.3) is 0 Å². The van der Waals surface area contributed by atoms with E-state index in [0.29, 0.717) is 30.1 Å². The molecule has 0 radical (unpaired) electrons. The summed E-state index contributed by atoms with van der Waals surface area (Å²) in [6, 6.07) is 3.43. The number of benzene rings is 1. The molecule has 3 heterocycles. The first-order chi connectivity index (χ1) is 12.6. The maximum Gasteiger partial charge on any atom is 0.498 e. The number of rotatable bonds is 4. The number of nitrogens with zero attached hydrogens (tertiary/aromatic N) is 2. The van der Waals surface area contributed by atoms with E-state index < -0.39 is 18.3 Å². The van der Waals surface area contributed by atoms with Crippen LogP contribution in [-0.2, 0) is 14.0 Å². The van der Waals surface area contributed by atoms with Crippen LogP contribution in [0.5, 0.6) is 5.75 Å².